The average molecular weight is 409 g/mol. The number of nitrogens with one attached hydrogen (secondary N) is 1. The number of fused-ring (bicyclic) bond motifs is 1. The predicted octanol–water partition coefficient (Wildman–Crippen LogP) is 2.98. The minimum atomic E-state index is -0.223. The summed E-state index contributed by atoms with van der Waals surface area (Å²) in [6.45, 7) is 0.524. The van der Waals surface area contributed by atoms with E-state index in [1.807, 2.05) is 24.3 Å². The lowest BCUT2D eigenvalue weighted by Crippen LogP contribution is -2.47. The van der Waals surface area contributed by atoms with E-state index >= 15 is 0 Å². The Morgan fingerprint density at radius 1 is 0.839 bits per heavy atom. The summed E-state index contributed by atoms with van der Waals surface area (Å²) >= 11 is 0. The van der Waals surface area contributed by atoms with Gasteiger partial charge in [-0.05, 0) is 17.7 Å². The van der Waals surface area contributed by atoms with E-state index in [1.54, 1.807) is 6.20 Å². The molecular weight excluding hydrogens is 388 g/mol. The number of aliphatic hydroxyl groups excluding tert-OH is 1. The largest absolute Gasteiger partial charge is 0.390 e. The van der Waals surface area contributed by atoms with E-state index in [0.29, 0.717) is 17.1 Å². The standard InChI is InChI=1S/C24H20N6O/c25-13-15-6-8-17(9-7-15)22-18(16-4-2-1-3-5-16)12-19-20(27-22)10-11-26-23(19)24-21(14-31)28-30-29-24/h1-12,31H,13-14,25H2,(H,28,29,30)/p+1. The molecule has 5 N–H and O–H groups in total. The molecule has 152 valence electrons. The molecular formula is C24H21N6O+. The zero-order valence-corrected chi connectivity index (χ0v) is 16.8. The molecule has 0 bridgehead atoms. The topological polar surface area (TPSA) is 115 Å². The molecule has 0 fully saturated rings. The lowest BCUT2D eigenvalue weighted by atomic mass is 9.96. The molecule has 7 heteroatoms. The van der Waals surface area contributed by atoms with Crippen LogP contribution in [0.1, 0.15) is 11.3 Å². The second-order valence-corrected chi connectivity index (χ2v) is 7.20. The van der Waals surface area contributed by atoms with Crippen LogP contribution in [0.5, 0.6) is 0 Å². The number of aliphatic hydroxyl groups is 1. The number of rotatable bonds is 5. The molecule has 3 heterocycles. The van der Waals surface area contributed by atoms with Crippen LogP contribution >= 0.6 is 0 Å². The number of hydrogen-bond donors (Lipinski definition) is 3. The normalized spacial score (nSPS) is 11.2. The van der Waals surface area contributed by atoms with Gasteiger partial charge < -0.3 is 10.8 Å². The van der Waals surface area contributed by atoms with Crippen molar-refractivity contribution in [2.75, 3.05) is 0 Å². The Morgan fingerprint density at radius 3 is 2.39 bits per heavy atom. The van der Waals surface area contributed by atoms with E-state index in [-0.39, 0.29) is 6.61 Å². The van der Waals surface area contributed by atoms with Crippen LogP contribution in [-0.2, 0) is 13.2 Å². The molecule has 0 radical (unpaired) electrons. The molecule has 3 aromatic heterocycles. The Labute approximate surface area is 178 Å². The van der Waals surface area contributed by atoms with Crippen LogP contribution in [0.3, 0.4) is 0 Å². The van der Waals surface area contributed by atoms with E-state index in [0.717, 1.165) is 39.8 Å². The molecule has 0 saturated carbocycles. The molecule has 0 aliphatic carbocycles. The fourth-order valence-corrected chi connectivity index (χ4v) is 3.72. The van der Waals surface area contributed by atoms with Gasteiger partial charge in [-0.2, -0.15) is 15.4 Å². The molecule has 5 rings (SSSR count). The molecule has 0 saturated heterocycles. The fraction of sp³-hybridized carbons (Fsp3) is 0.0833. The van der Waals surface area contributed by atoms with Gasteiger partial charge in [-0.1, -0.05) is 54.6 Å². The molecule has 0 unspecified atom stereocenters. The SMILES string of the molecule is [NH3+]Cc1ccc(-c2nc3ccnc(-c4n[nH]nc4CO)c3cc2-c2ccccc2)cc1. The maximum atomic E-state index is 9.64. The molecule has 0 aliphatic heterocycles. The number of hydrogen-bond acceptors (Lipinski definition) is 5. The van der Waals surface area contributed by atoms with Crippen molar-refractivity contribution in [3.05, 3.63) is 84.2 Å². The third kappa shape index (κ3) is 3.46. The number of pyridine rings is 2. The summed E-state index contributed by atoms with van der Waals surface area (Å²) in [5.41, 5.74) is 11.6. The molecule has 7 nitrogen and oxygen atoms in total. The smallest absolute Gasteiger partial charge is 0.137 e. The molecule has 0 amide bonds. The minimum Gasteiger partial charge on any atom is -0.390 e. The highest BCUT2D eigenvalue weighted by atomic mass is 16.3. The van der Waals surface area contributed by atoms with Gasteiger partial charge >= 0.3 is 0 Å². The van der Waals surface area contributed by atoms with Crippen LogP contribution < -0.4 is 5.73 Å². The van der Waals surface area contributed by atoms with Crippen molar-refractivity contribution in [1.82, 2.24) is 25.4 Å². The van der Waals surface area contributed by atoms with Crippen LogP contribution in [0.4, 0.5) is 0 Å². The van der Waals surface area contributed by atoms with Crippen LogP contribution in [0.25, 0.3) is 44.7 Å². The van der Waals surface area contributed by atoms with E-state index < -0.39 is 0 Å². The molecule has 0 aliphatic rings. The summed E-state index contributed by atoms with van der Waals surface area (Å²) in [4.78, 5) is 9.56. The highest BCUT2D eigenvalue weighted by molar-refractivity contribution is 5.98. The average Bonchev–Trinajstić information content (AvgIpc) is 3.32. The summed E-state index contributed by atoms with van der Waals surface area (Å²) in [5.74, 6) is 0. The van der Waals surface area contributed by atoms with Crippen molar-refractivity contribution in [1.29, 1.82) is 0 Å². The lowest BCUT2D eigenvalue weighted by Gasteiger charge is -2.13. The van der Waals surface area contributed by atoms with Gasteiger partial charge in [0.2, 0.25) is 0 Å². The van der Waals surface area contributed by atoms with Gasteiger partial charge in [-0.15, -0.1) is 0 Å². The maximum Gasteiger partial charge on any atom is 0.137 e. The maximum absolute atomic E-state index is 9.64. The van der Waals surface area contributed by atoms with Gasteiger partial charge in [-0.3, -0.25) is 4.98 Å². The highest BCUT2D eigenvalue weighted by Gasteiger charge is 2.18. The second kappa shape index (κ2) is 8.06. The zero-order chi connectivity index (χ0) is 21.2. The Hall–Kier alpha value is -3.94. The number of H-pyrrole nitrogens is 1. The molecule has 31 heavy (non-hydrogen) atoms. The molecule has 2 aromatic carbocycles. The number of quaternary nitrogens is 1. The Bertz CT molecular complexity index is 1350. The number of benzene rings is 2. The van der Waals surface area contributed by atoms with Crippen molar-refractivity contribution in [2.45, 2.75) is 13.2 Å². The monoisotopic (exact) mass is 409 g/mol. The molecule has 0 atom stereocenters. The third-order valence-corrected chi connectivity index (χ3v) is 5.34. The van der Waals surface area contributed by atoms with Crippen molar-refractivity contribution >= 4 is 10.9 Å². The van der Waals surface area contributed by atoms with E-state index in [4.69, 9.17) is 4.98 Å². The Balaban J connectivity index is 1.79. The van der Waals surface area contributed by atoms with Gasteiger partial charge in [0.25, 0.3) is 0 Å². The van der Waals surface area contributed by atoms with Crippen LogP contribution in [0.15, 0.2) is 72.9 Å². The number of aromatic amines is 1. The first-order valence-electron chi connectivity index (χ1n) is 10.0. The first kappa shape index (κ1) is 19.0. The van der Waals surface area contributed by atoms with E-state index in [2.05, 4.69) is 68.6 Å². The summed E-state index contributed by atoms with van der Waals surface area (Å²) in [5, 5.41) is 21.3. The van der Waals surface area contributed by atoms with Crippen LogP contribution in [0, 0.1) is 0 Å². The summed E-state index contributed by atoms with van der Waals surface area (Å²) in [6.07, 6.45) is 1.71. The van der Waals surface area contributed by atoms with Gasteiger partial charge in [0.1, 0.15) is 17.1 Å². The van der Waals surface area contributed by atoms with E-state index in [1.165, 1.54) is 5.56 Å². The van der Waals surface area contributed by atoms with Gasteiger partial charge in [0.05, 0.1) is 24.4 Å². The van der Waals surface area contributed by atoms with Crippen LogP contribution in [-0.4, -0.2) is 30.5 Å². The first-order valence-corrected chi connectivity index (χ1v) is 10.0. The van der Waals surface area contributed by atoms with Crippen molar-refractivity contribution in [2.24, 2.45) is 0 Å². The van der Waals surface area contributed by atoms with Crippen molar-refractivity contribution < 1.29 is 10.8 Å². The fourth-order valence-electron chi connectivity index (χ4n) is 3.72. The summed E-state index contributed by atoms with van der Waals surface area (Å²) < 4.78 is 0. The summed E-state index contributed by atoms with van der Waals surface area (Å²) in [6, 6.07) is 22.5. The van der Waals surface area contributed by atoms with Gasteiger partial charge in [-0.25, -0.2) is 4.98 Å². The second-order valence-electron chi connectivity index (χ2n) is 7.20. The number of nitrogens with zero attached hydrogens (tertiary/aromatic N) is 4. The van der Waals surface area contributed by atoms with Crippen molar-refractivity contribution in [3.8, 4) is 33.8 Å². The Kier molecular flexibility index (Phi) is 4.95. The predicted molar refractivity (Wildman–Crippen MR) is 118 cm³/mol. The van der Waals surface area contributed by atoms with Gasteiger partial charge in [0.15, 0.2) is 0 Å². The van der Waals surface area contributed by atoms with E-state index in [9.17, 15) is 5.11 Å². The quantitative estimate of drug-likeness (QED) is 0.413. The lowest BCUT2D eigenvalue weighted by molar-refractivity contribution is -0.386. The minimum absolute atomic E-state index is 0.223. The third-order valence-electron chi connectivity index (χ3n) is 5.34. The van der Waals surface area contributed by atoms with Crippen LogP contribution in [0.2, 0.25) is 0 Å². The molecule has 0 spiro atoms. The highest BCUT2D eigenvalue weighted by Crippen LogP contribution is 2.36. The number of aromatic nitrogens is 5. The first-order chi connectivity index (χ1) is 15.3. The summed E-state index contributed by atoms with van der Waals surface area (Å²) in [7, 11) is 0. The van der Waals surface area contributed by atoms with Crippen molar-refractivity contribution in [3.63, 3.8) is 0 Å². The molecule has 5 aromatic rings. The Morgan fingerprint density at radius 2 is 1.65 bits per heavy atom. The zero-order valence-electron chi connectivity index (χ0n) is 16.8. The van der Waals surface area contributed by atoms with Gasteiger partial charge in [0, 0.05) is 28.3 Å².